The second-order valence-electron chi connectivity index (χ2n) is 4.62. The number of hydrogen-bond donors (Lipinski definition) is 2. The number of nitrogens with zero attached hydrogens (tertiary/aromatic N) is 1. The smallest absolute Gasteiger partial charge is 0.236 e. The summed E-state index contributed by atoms with van der Waals surface area (Å²) in [6.07, 6.45) is 3.04. The maximum Gasteiger partial charge on any atom is 0.236 e. The minimum atomic E-state index is -0.564. The van der Waals surface area contributed by atoms with Crippen molar-refractivity contribution in [2.45, 2.75) is 12.5 Å². The monoisotopic (exact) mass is 318 g/mol. The molecular formula is C15H14N2O4S. The Hall–Kier alpha value is -2.38. The molecular weight excluding hydrogens is 304 g/mol. The number of rotatable bonds is 6. The number of aliphatic hydroxyl groups excluding tert-OH is 1. The molecule has 2 N–H and O–H groups in total. The van der Waals surface area contributed by atoms with E-state index in [9.17, 15) is 9.90 Å². The lowest BCUT2D eigenvalue weighted by atomic mass is 10.2. The van der Waals surface area contributed by atoms with Crippen molar-refractivity contribution in [3.8, 4) is 10.8 Å². The third kappa shape index (κ3) is 3.26. The second kappa shape index (κ2) is 6.59. The minimum Gasteiger partial charge on any atom is -0.467 e. The zero-order valence-electron chi connectivity index (χ0n) is 11.6. The van der Waals surface area contributed by atoms with Crippen LogP contribution in [0.3, 0.4) is 0 Å². The molecule has 22 heavy (non-hydrogen) atoms. The molecule has 0 saturated carbocycles. The lowest BCUT2D eigenvalue weighted by molar-refractivity contribution is -0.121. The predicted molar refractivity (Wildman–Crippen MR) is 80.2 cm³/mol. The van der Waals surface area contributed by atoms with Crippen LogP contribution in [0.2, 0.25) is 0 Å². The van der Waals surface area contributed by atoms with Crippen LogP contribution in [0.25, 0.3) is 10.8 Å². The predicted octanol–water partition coefficient (Wildman–Crippen LogP) is 2.39. The van der Waals surface area contributed by atoms with Gasteiger partial charge in [-0.1, -0.05) is 6.07 Å². The van der Waals surface area contributed by atoms with Gasteiger partial charge in [0.05, 0.1) is 29.9 Å². The quantitative estimate of drug-likeness (QED) is 0.728. The van der Waals surface area contributed by atoms with Crippen molar-refractivity contribution in [2.75, 3.05) is 6.61 Å². The first kappa shape index (κ1) is 14.6. The van der Waals surface area contributed by atoms with E-state index >= 15 is 0 Å². The molecule has 0 radical (unpaired) electrons. The van der Waals surface area contributed by atoms with Gasteiger partial charge in [-0.2, -0.15) is 0 Å². The number of nitrogens with one attached hydrogen (secondary N) is 1. The number of hydrogen-bond acceptors (Lipinski definition) is 6. The number of aliphatic hydroxyl groups is 1. The highest BCUT2D eigenvalue weighted by molar-refractivity contribution is 7.13. The molecule has 1 amide bonds. The second-order valence-corrected chi connectivity index (χ2v) is 5.56. The van der Waals surface area contributed by atoms with Crippen molar-refractivity contribution >= 4 is 17.2 Å². The van der Waals surface area contributed by atoms with E-state index in [1.165, 1.54) is 23.9 Å². The first-order chi connectivity index (χ1) is 10.8. The van der Waals surface area contributed by atoms with Crippen LogP contribution in [-0.4, -0.2) is 22.6 Å². The Labute approximate surface area is 130 Å². The standard InChI is InChI=1S/C15H14N2O4S/c18-8-11(12-3-1-5-20-12)17-14(19)7-10-9-21-15(16-10)13-4-2-6-22-13/h1-6,9,11,18H,7-8H2,(H,17,19). The van der Waals surface area contributed by atoms with Crippen LogP contribution in [0.15, 0.2) is 51.0 Å². The van der Waals surface area contributed by atoms with Crippen molar-refractivity contribution in [1.29, 1.82) is 0 Å². The number of oxazole rings is 1. The van der Waals surface area contributed by atoms with Gasteiger partial charge in [-0.3, -0.25) is 4.79 Å². The van der Waals surface area contributed by atoms with Gasteiger partial charge in [0.25, 0.3) is 0 Å². The molecule has 6 nitrogen and oxygen atoms in total. The number of amides is 1. The molecule has 0 fully saturated rings. The Kier molecular flexibility index (Phi) is 4.36. The molecule has 0 spiro atoms. The summed E-state index contributed by atoms with van der Waals surface area (Å²) in [5, 5.41) is 14.0. The first-order valence-corrected chi connectivity index (χ1v) is 7.56. The summed E-state index contributed by atoms with van der Waals surface area (Å²) in [6, 6.07) is 6.65. The molecule has 1 unspecified atom stereocenters. The molecule has 0 aromatic carbocycles. The van der Waals surface area contributed by atoms with Crippen LogP contribution in [0.4, 0.5) is 0 Å². The van der Waals surface area contributed by atoms with Crippen LogP contribution in [0, 0.1) is 0 Å². The van der Waals surface area contributed by atoms with Gasteiger partial charge in [-0.15, -0.1) is 11.3 Å². The molecule has 0 aliphatic rings. The fourth-order valence-corrected chi connectivity index (χ4v) is 2.66. The van der Waals surface area contributed by atoms with E-state index in [2.05, 4.69) is 10.3 Å². The fraction of sp³-hybridized carbons (Fsp3) is 0.200. The van der Waals surface area contributed by atoms with E-state index in [4.69, 9.17) is 8.83 Å². The van der Waals surface area contributed by atoms with Crippen LogP contribution < -0.4 is 5.32 Å². The van der Waals surface area contributed by atoms with Crippen molar-refractivity contribution in [1.82, 2.24) is 10.3 Å². The van der Waals surface area contributed by atoms with Gasteiger partial charge in [0, 0.05) is 0 Å². The van der Waals surface area contributed by atoms with Gasteiger partial charge in [0.15, 0.2) is 0 Å². The Bertz CT molecular complexity index is 719. The lowest BCUT2D eigenvalue weighted by Crippen LogP contribution is -2.31. The minimum absolute atomic E-state index is 0.0755. The van der Waals surface area contributed by atoms with Gasteiger partial charge in [-0.25, -0.2) is 4.98 Å². The number of carbonyl (C=O) groups is 1. The zero-order valence-corrected chi connectivity index (χ0v) is 12.4. The summed E-state index contributed by atoms with van der Waals surface area (Å²) in [4.78, 5) is 17.2. The highest BCUT2D eigenvalue weighted by Gasteiger charge is 2.17. The summed E-state index contributed by atoms with van der Waals surface area (Å²) < 4.78 is 10.5. The Morgan fingerprint density at radius 1 is 1.36 bits per heavy atom. The Balaban J connectivity index is 1.62. The van der Waals surface area contributed by atoms with Gasteiger partial charge >= 0.3 is 0 Å². The van der Waals surface area contributed by atoms with Crippen LogP contribution in [-0.2, 0) is 11.2 Å². The van der Waals surface area contributed by atoms with Crippen LogP contribution >= 0.6 is 11.3 Å². The normalized spacial score (nSPS) is 12.2. The van der Waals surface area contributed by atoms with Gasteiger partial charge in [-0.05, 0) is 23.6 Å². The first-order valence-electron chi connectivity index (χ1n) is 6.68. The third-order valence-corrected chi connectivity index (χ3v) is 3.89. The van der Waals surface area contributed by atoms with Crippen molar-refractivity contribution < 1.29 is 18.7 Å². The maximum atomic E-state index is 12.0. The molecule has 0 saturated heterocycles. The molecule has 3 aromatic rings. The molecule has 114 valence electrons. The summed E-state index contributed by atoms with van der Waals surface area (Å²) in [5.41, 5.74) is 0.539. The molecule has 0 bridgehead atoms. The number of thiophene rings is 1. The molecule has 1 atom stereocenters. The van der Waals surface area contributed by atoms with Gasteiger partial charge in [0.1, 0.15) is 18.1 Å². The fourth-order valence-electron chi connectivity index (χ4n) is 2.01. The van der Waals surface area contributed by atoms with Crippen molar-refractivity contribution in [3.63, 3.8) is 0 Å². The summed E-state index contributed by atoms with van der Waals surface area (Å²) in [7, 11) is 0. The zero-order chi connectivity index (χ0) is 15.4. The highest BCUT2D eigenvalue weighted by Crippen LogP contribution is 2.23. The molecule has 3 aromatic heterocycles. The average molecular weight is 318 g/mol. The van der Waals surface area contributed by atoms with E-state index in [-0.39, 0.29) is 18.9 Å². The third-order valence-electron chi connectivity index (χ3n) is 3.03. The molecule has 0 aliphatic heterocycles. The lowest BCUT2D eigenvalue weighted by Gasteiger charge is -2.13. The topological polar surface area (TPSA) is 88.5 Å². The van der Waals surface area contributed by atoms with E-state index in [1.54, 1.807) is 12.1 Å². The number of aromatic nitrogens is 1. The summed E-state index contributed by atoms with van der Waals surface area (Å²) in [6.45, 7) is -0.238. The van der Waals surface area contributed by atoms with Crippen molar-refractivity contribution in [2.24, 2.45) is 0 Å². The molecule has 0 aliphatic carbocycles. The van der Waals surface area contributed by atoms with Gasteiger partial charge in [0.2, 0.25) is 11.8 Å². The Morgan fingerprint density at radius 2 is 2.27 bits per heavy atom. The number of carbonyl (C=O) groups excluding carboxylic acids is 1. The van der Waals surface area contributed by atoms with Crippen LogP contribution in [0.5, 0.6) is 0 Å². The van der Waals surface area contributed by atoms with Gasteiger partial charge < -0.3 is 19.3 Å². The summed E-state index contributed by atoms with van der Waals surface area (Å²) >= 11 is 1.52. The molecule has 3 heterocycles. The summed E-state index contributed by atoms with van der Waals surface area (Å²) in [5.74, 6) is 0.749. The largest absolute Gasteiger partial charge is 0.467 e. The molecule has 3 rings (SSSR count). The maximum absolute atomic E-state index is 12.0. The van der Waals surface area contributed by atoms with Crippen molar-refractivity contribution in [3.05, 3.63) is 53.6 Å². The Morgan fingerprint density at radius 3 is 2.95 bits per heavy atom. The average Bonchev–Trinajstić information content (AvgIpc) is 3.24. The molecule has 7 heteroatoms. The van der Waals surface area contributed by atoms with E-state index in [0.29, 0.717) is 17.3 Å². The van der Waals surface area contributed by atoms with E-state index in [1.807, 2.05) is 17.5 Å². The SMILES string of the molecule is O=C(Cc1coc(-c2cccs2)n1)NC(CO)c1ccco1. The van der Waals surface area contributed by atoms with E-state index in [0.717, 1.165) is 4.88 Å². The van der Waals surface area contributed by atoms with E-state index < -0.39 is 6.04 Å². The number of furan rings is 1. The van der Waals surface area contributed by atoms with Crippen LogP contribution in [0.1, 0.15) is 17.5 Å². The highest BCUT2D eigenvalue weighted by atomic mass is 32.1.